The van der Waals surface area contributed by atoms with Crippen LogP contribution < -0.4 is 4.90 Å². The summed E-state index contributed by atoms with van der Waals surface area (Å²) >= 11 is 0. The molecule has 0 unspecified atom stereocenters. The van der Waals surface area contributed by atoms with Crippen LogP contribution in [0.2, 0.25) is 0 Å². The number of para-hydroxylation sites is 2. The van der Waals surface area contributed by atoms with E-state index in [9.17, 15) is 0 Å². The molecule has 9 aromatic carbocycles. The zero-order valence-corrected chi connectivity index (χ0v) is 37.0. The van der Waals surface area contributed by atoms with Gasteiger partial charge in [-0.05, 0) is 129 Å². The molecule has 0 atom stereocenters. The van der Waals surface area contributed by atoms with E-state index in [2.05, 4.69) is 254 Å². The summed E-state index contributed by atoms with van der Waals surface area (Å²) in [5, 5.41) is 3.81. The fraction of sp³-hybridized carbons (Fsp3) is 0.0968. The van der Waals surface area contributed by atoms with Crippen molar-refractivity contribution in [3.8, 4) is 44.8 Å². The highest BCUT2D eigenvalue weighted by atomic mass is 15.2. The van der Waals surface area contributed by atoms with Gasteiger partial charge in [0.05, 0.1) is 27.9 Å². The molecule has 0 saturated heterocycles. The third-order valence-electron chi connectivity index (χ3n) is 14.7. The predicted octanol–water partition coefficient (Wildman–Crippen LogP) is 16.5. The summed E-state index contributed by atoms with van der Waals surface area (Å²) in [6.45, 7) is 9.62. The van der Waals surface area contributed by atoms with Gasteiger partial charge in [0.1, 0.15) is 0 Å². The van der Waals surface area contributed by atoms with Crippen LogP contribution >= 0.6 is 0 Å². The van der Waals surface area contributed by atoms with Crippen LogP contribution in [0.25, 0.3) is 77.5 Å². The molecule has 11 aromatic rings. The minimum atomic E-state index is -0.289. The lowest BCUT2D eigenvalue weighted by atomic mass is 9.72. The quantitative estimate of drug-likeness (QED) is 0.168. The van der Waals surface area contributed by atoms with Gasteiger partial charge in [0.2, 0.25) is 0 Å². The van der Waals surface area contributed by atoms with Crippen LogP contribution in [0.4, 0.5) is 17.1 Å². The van der Waals surface area contributed by atoms with Crippen molar-refractivity contribution >= 4 is 49.8 Å². The molecule has 310 valence electrons. The molecule has 2 aliphatic rings. The predicted molar refractivity (Wildman–Crippen MR) is 273 cm³/mol. The fourth-order valence-electron chi connectivity index (χ4n) is 11.4. The summed E-state index contributed by atoms with van der Waals surface area (Å²) in [6.07, 6.45) is 2.26. The molecular weight excluding hydrogens is 787 g/mol. The van der Waals surface area contributed by atoms with Crippen LogP contribution in [0.15, 0.2) is 212 Å². The average molecular weight is 834 g/mol. The fourth-order valence-corrected chi connectivity index (χ4v) is 11.4. The van der Waals surface area contributed by atoms with Crippen LogP contribution in [0.5, 0.6) is 0 Å². The van der Waals surface area contributed by atoms with Gasteiger partial charge in [-0.15, -0.1) is 0 Å². The normalized spacial score (nSPS) is 14.4. The molecule has 0 N–H and O–H groups in total. The standard InChI is InChI=1S/C62H47N3/c1-61(2)52-38-44(41-18-10-6-11-19-41)27-32-56(52)64(48-29-24-42(25-30-48)40-16-8-5-9-17-40)57-33-28-45(39-53(57)61)43-26-31-54-49(36-43)50-37-46-34-35-63-55-23-15-14-22-51(55)62(3,4)58(59(46)63)60(50)65(54)47-20-12-7-13-21-47/h5-39H,1-4H3. The van der Waals surface area contributed by atoms with Gasteiger partial charge in [-0.3, -0.25) is 0 Å². The SMILES string of the molecule is CC1(C)c2cc(-c3ccccc3)ccc2N(c2ccc(-c3ccccc3)cc2)c2ccc(-c3ccc4c(c3)c3cc5ccn6c5c(c3n4-c3ccccc3)C(C)(C)c3ccccc3-6)cc21. The molecule has 0 radical (unpaired) electrons. The molecule has 4 heterocycles. The van der Waals surface area contributed by atoms with Crippen molar-refractivity contribution in [2.45, 2.75) is 38.5 Å². The number of aromatic nitrogens is 2. The Bertz CT molecular complexity index is 3680. The lowest BCUT2D eigenvalue weighted by molar-refractivity contribution is 0.632. The zero-order chi connectivity index (χ0) is 43.6. The highest BCUT2D eigenvalue weighted by Gasteiger charge is 2.39. The van der Waals surface area contributed by atoms with E-state index in [4.69, 9.17) is 0 Å². The Morgan fingerprint density at radius 3 is 1.57 bits per heavy atom. The Hall–Kier alpha value is -7.88. The van der Waals surface area contributed by atoms with Gasteiger partial charge in [0, 0.05) is 55.8 Å². The first-order chi connectivity index (χ1) is 31.8. The Balaban J connectivity index is 1.02. The van der Waals surface area contributed by atoms with Gasteiger partial charge >= 0.3 is 0 Å². The Labute approximate surface area is 380 Å². The van der Waals surface area contributed by atoms with Crippen molar-refractivity contribution in [1.29, 1.82) is 0 Å². The van der Waals surface area contributed by atoms with Gasteiger partial charge in [-0.25, -0.2) is 0 Å². The second kappa shape index (κ2) is 13.8. The van der Waals surface area contributed by atoms with E-state index in [1.165, 1.54) is 111 Å². The summed E-state index contributed by atoms with van der Waals surface area (Å²) in [5.74, 6) is 0. The summed E-state index contributed by atoms with van der Waals surface area (Å²) in [6, 6.07) is 76.5. The first-order valence-electron chi connectivity index (χ1n) is 22.8. The Morgan fingerprint density at radius 1 is 0.354 bits per heavy atom. The molecule has 0 aliphatic carbocycles. The molecule has 2 aromatic heterocycles. The van der Waals surface area contributed by atoms with Gasteiger partial charge in [0.15, 0.2) is 0 Å². The van der Waals surface area contributed by atoms with Crippen molar-refractivity contribution in [2.75, 3.05) is 4.90 Å². The number of benzene rings is 9. The summed E-state index contributed by atoms with van der Waals surface area (Å²) < 4.78 is 4.94. The maximum atomic E-state index is 2.52. The second-order valence-electron chi connectivity index (χ2n) is 19.0. The van der Waals surface area contributed by atoms with Crippen molar-refractivity contribution in [3.63, 3.8) is 0 Å². The van der Waals surface area contributed by atoms with Crippen molar-refractivity contribution in [1.82, 2.24) is 9.13 Å². The van der Waals surface area contributed by atoms with Gasteiger partial charge < -0.3 is 14.0 Å². The molecule has 3 heteroatoms. The lowest BCUT2D eigenvalue weighted by Crippen LogP contribution is -2.30. The third kappa shape index (κ3) is 5.48. The molecule has 65 heavy (non-hydrogen) atoms. The molecule has 0 spiro atoms. The Morgan fingerprint density at radius 2 is 0.892 bits per heavy atom. The summed E-state index contributed by atoms with van der Waals surface area (Å²) in [7, 11) is 0. The first-order valence-corrected chi connectivity index (χ1v) is 22.8. The van der Waals surface area contributed by atoms with E-state index in [1.807, 2.05) is 0 Å². The van der Waals surface area contributed by atoms with E-state index >= 15 is 0 Å². The third-order valence-corrected chi connectivity index (χ3v) is 14.7. The zero-order valence-electron chi connectivity index (χ0n) is 37.0. The van der Waals surface area contributed by atoms with E-state index in [-0.39, 0.29) is 10.8 Å². The largest absolute Gasteiger partial charge is 0.316 e. The van der Waals surface area contributed by atoms with Gasteiger partial charge in [-0.2, -0.15) is 0 Å². The van der Waals surface area contributed by atoms with Crippen molar-refractivity contribution in [3.05, 3.63) is 235 Å². The van der Waals surface area contributed by atoms with Crippen LogP contribution in [-0.4, -0.2) is 9.13 Å². The molecule has 3 nitrogen and oxygen atoms in total. The van der Waals surface area contributed by atoms with E-state index in [0.29, 0.717) is 0 Å². The maximum absolute atomic E-state index is 2.52. The van der Waals surface area contributed by atoms with E-state index in [0.717, 1.165) is 5.69 Å². The monoisotopic (exact) mass is 833 g/mol. The first kappa shape index (κ1) is 37.7. The maximum Gasteiger partial charge on any atom is 0.0603 e. The van der Waals surface area contributed by atoms with Crippen LogP contribution in [0.1, 0.15) is 49.9 Å². The number of fused-ring (bicyclic) bond motifs is 8. The topological polar surface area (TPSA) is 13.1 Å². The van der Waals surface area contributed by atoms with E-state index < -0.39 is 0 Å². The van der Waals surface area contributed by atoms with E-state index in [1.54, 1.807) is 0 Å². The smallest absolute Gasteiger partial charge is 0.0603 e. The number of hydrogen-bond acceptors (Lipinski definition) is 1. The highest BCUT2D eigenvalue weighted by Crippen LogP contribution is 2.55. The number of rotatable bonds is 5. The van der Waals surface area contributed by atoms with Crippen LogP contribution in [0, 0.1) is 0 Å². The minimum Gasteiger partial charge on any atom is -0.316 e. The van der Waals surface area contributed by atoms with Crippen LogP contribution in [0.3, 0.4) is 0 Å². The number of anilines is 3. The lowest BCUT2D eigenvalue weighted by Gasteiger charge is -2.42. The molecule has 2 aliphatic heterocycles. The molecule has 0 fully saturated rings. The van der Waals surface area contributed by atoms with Gasteiger partial charge in [0.25, 0.3) is 0 Å². The average Bonchev–Trinajstić information content (AvgIpc) is 3.93. The molecular formula is C62H47N3. The second-order valence-corrected chi connectivity index (χ2v) is 19.0. The highest BCUT2D eigenvalue weighted by molar-refractivity contribution is 6.17. The minimum absolute atomic E-state index is 0.235. The van der Waals surface area contributed by atoms with Gasteiger partial charge in [-0.1, -0.05) is 155 Å². The number of nitrogens with zero attached hydrogens (tertiary/aromatic N) is 3. The van der Waals surface area contributed by atoms with Crippen molar-refractivity contribution < 1.29 is 0 Å². The Kier molecular flexibility index (Phi) is 8.00. The molecule has 0 saturated carbocycles. The number of hydrogen-bond donors (Lipinski definition) is 0. The molecule has 0 amide bonds. The van der Waals surface area contributed by atoms with Crippen molar-refractivity contribution in [2.24, 2.45) is 0 Å². The summed E-state index contributed by atoms with van der Waals surface area (Å²) in [4.78, 5) is 2.47. The molecule has 13 rings (SSSR count). The molecule has 0 bridgehead atoms. The summed E-state index contributed by atoms with van der Waals surface area (Å²) in [5.41, 5.74) is 21.9. The van der Waals surface area contributed by atoms with Crippen LogP contribution in [-0.2, 0) is 10.8 Å².